The van der Waals surface area contributed by atoms with Gasteiger partial charge in [-0.3, -0.25) is 9.59 Å². The fourth-order valence-corrected chi connectivity index (χ4v) is 2.02. The van der Waals surface area contributed by atoms with Crippen molar-refractivity contribution >= 4 is 17.4 Å². The van der Waals surface area contributed by atoms with Gasteiger partial charge in [0.15, 0.2) is 5.78 Å². The number of hydrogen-bond donors (Lipinski definition) is 0. The molecule has 1 aliphatic heterocycles. The maximum Gasteiger partial charge on any atom is 0.224 e. The highest BCUT2D eigenvalue weighted by Crippen LogP contribution is 2.25. The highest BCUT2D eigenvalue weighted by Gasteiger charge is 2.16. The minimum atomic E-state index is 0.0216. The average Bonchev–Trinajstić information content (AvgIpc) is 2.49. The molecule has 0 saturated carbocycles. The van der Waals surface area contributed by atoms with Crippen molar-refractivity contribution in [2.24, 2.45) is 0 Å². The lowest BCUT2D eigenvalue weighted by Gasteiger charge is -2.21. The second-order valence-corrected chi connectivity index (χ2v) is 4.20. The van der Waals surface area contributed by atoms with Crippen molar-refractivity contribution < 1.29 is 9.59 Å². The molecule has 0 atom stereocenters. The summed E-state index contributed by atoms with van der Waals surface area (Å²) in [5.41, 5.74) is 2.64. The lowest BCUT2D eigenvalue weighted by molar-refractivity contribution is -0.116. The van der Waals surface area contributed by atoms with Gasteiger partial charge in [-0.25, -0.2) is 0 Å². The Morgan fingerprint density at radius 3 is 2.59 bits per heavy atom. The predicted octanol–water partition coefficient (Wildman–Crippen LogP) is 2.35. The van der Waals surface area contributed by atoms with Crippen LogP contribution in [0.5, 0.6) is 0 Å². The Bertz CT molecular complexity index is 503. The van der Waals surface area contributed by atoms with Crippen LogP contribution in [-0.4, -0.2) is 18.2 Å². The molecule has 0 saturated heterocycles. The highest BCUT2D eigenvalue weighted by atomic mass is 16.2. The smallest absolute Gasteiger partial charge is 0.224 e. The van der Waals surface area contributed by atoms with E-state index in [0.717, 1.165) is 17.7 Å². The van der Waals surface area contributed by atoms with E-state index in [1.807, 2.05) is 24.3 Å². The molecule has 0 spiro atoms. The summed E-state index contributed by atoms with van der Waals surface area (Å²) in [5.74, 6) is 0.0729. The van der Waals surface area contributed by atoms with Crippen LogP contribution in [0.3, 0.4) is 0 Å². The number of allylic oxidation sites excluding steroid dienone is 1. The van der Waals surface area contributed by atoms with Gasteiger partial charge in [-0.1, -0.05) is 12.2 Å². The summed E-state index contributed by atoms with van der Waals surface area (Å²) in [7, 11) is 0. The van der Waals surface area contributed by atoms with Gasteiger partial charge in [-0.05, 0) is 37.1 Å². The van der Waals surface area contributed by atoms with Gasteiger partial charge in [0.05, 0.1) is 0 Å². The largest absolute Gasteiger partial charge is 0.309 e. The molecule has 1 heterocycles. The van der Waals surface area contributed by atoms with Crippen LogP contribution < -0.4 is 4.90 Å². The molecule has 2 rings (SSSR count). The van der Waals surface area contributed by atoms with Gasteiger partial charge >= 0.3 is 0 Å². The van der Waals surface area contributed by atoms with Gasteiger partial charge in [0, 0.05) is 24.7 Å². The zero-order valence-corrected chi connectivity index (χ0v) is 10.1. The second kappa shape index (κ2) is 4.53. The van der Waals surface area contributed by atoms with E-state index in [2.05, 4.69) is 0 Å². The lowest BCUT2D eigenvalue weighted by Crippen LogP contribution is -2.28. The fourth-order valence-electron chi connectivity index (χ4n) is 2.02. The molecule has 3 nitrogen and oxygen atoms in total. The zero-order valence-electron chi connectivity index (χ0n) is 10.1. The number of nitrogens with zero attached hydrogens (tertiary/aromatic N) is 1. The molecule has 3 heteroatoms. The first kappa shape index (κ1) is 11.6. The van der Waals surface area contributed by atoms with Crippen LogP contribution >= 0.6 is 0 Å². The molecule has 0 fully saturated rings. The van der Waals surface area contributed by atoms with E-state index in [9.17, 15) is 9.59 Å². The minimum absolute atomic E-state index is 0.0216. The van der Waals surface area contributed by atoms with Crippen molar-refractivity contribution in [3.63, 3.8) is 0 Å². The normalized spacial score (nSPS) is 14.1. The highest BCUT2D eigenvalue weighted by molar-refractivity contribution is 5.97. The molecular formula is C14H15NO2. The van der Waals surface area contributed by atoms with Crippen molar-refractivity contribution in [1.29, 1.82) is 0 Å². The number of hydrogen-bond acceptors (Lipinski definition) is 2. The molecule has 0 unspecified atom stereocenters. The number of amides is 1. The van der Waals surface area contributed by atoms with E-state index < -0.39 is 0 Å². The summed E-state index contributed by atoms with van der Waals surface area (Å²) in [4.78, 5) is 24.6. The van der Waals surface area contributed by atoms with Crippen molar-refractivity contribution in [3.05, 3.63) is 41.5 Å². The molecule has 0 aromatic heterocycles. The first-order valence-electron chi connectivity index (χ1n) is 5.66. The Balaban J connectivity index is 2.50. The monoisotopic (exact) mass is 229 g/mol. The first-order chi connectivity index (χ1) is 8.09. The predicted molar refractivity (Wildman–Crippen MR) is 67.3 cm³/mol. The number of ketones is 1. The van der Waals surface area contributed by atoms with Crippen molar-refractivity contribution in [2.45, 2.75) is 20.3 Å². The molecule has 0 bridgehead atoms. The quantitative estimate of drug-likeness (QED) is 0.547. The summed E-state index contributed by atoms with van der Waals surface area (Å²) in [6.07, 6.45) is 4.78. The molecule has 1 aliphatic rings. The molecule has 0 N–H and O–H groups in total. The SMILES string of the molecule is CC(=O)c1ccc2c(c1)CC=CCN2C(C)=O. The molecule has 0 aliphatic carbocycles. The summed E-state index contributed by atoms with van der Waals surface area (Å²) in [5, 5.41) is 0. The van der Waals surface area contributed by atoms with Crippen LogP contribution in [0, 0.1) is 0 Å². The number of carbonyl (C=O) groups is 2. The first-order valence-corrected chi connectivity index (χ1v) is 5.66. The van der Waals surface area contributed by atoms with Gasteiger partial charge in [0.1, 0.15) is 0 Å². The van der Waals surface area contributed by atoms with Crippen LogP contribution in [0.25, 0.3) is 0 Å². The van der Waals surface area contributed by atoms with Crippen molar-refractivity contribution in [3.8, 4) is 0 Å². The van der Waals surface area contributed by atoms with E-state index in [0.29, 0.717) is 12.1 Å². The third-order valence-electron chi connectivity index (χ3n) is 2.95. The summed E-state index contributed by atoms with van der Waals surface area (Å²) in [6.45, 7) is 3.71. The maximum atomic E-state index is 11.6. The third-order valence-corrected chi connectivity index (χ3v) is 2.95. The number of benzene rings is 1. The van der Waals surface area contributed by atoms with Crippen molar-refractivity contribution in [2.75, 3.05) is 11.4 Å². The summed E-state index contributed by atoms with van der Waals surface area (Å²) >= 11 is 0. The number of Topliss-reactive ketones (excluding diaryl/α,β-unsaturated/α-hetero) is 1. The Labute approximate surface area is 101 Å². The standard InChI is InChI=1S/C14H15NO2/c1-10(16)12-6-7-14-13(9-12)5-3-4-8-15(14)11(2)17/h3-4,6-7,9H,5,8H2,1-2H3. The van der Waals surface area contributed by atoms with Crippen LogP contribution in [-0.2, 0) is 11.2 Å². The number of carbonyl (C=O) groups excluding carboxylic acids is 2. The third kappa shape index (κ3) is 2.28. The Morgan fingerprint density at radius 1 is 1.18 bits per heavy atom. The summed E-state index contributed by atoms with van der Waals surface area (Å²) in [6, 6.07) is 5.52. The number of fused-ring (bicyclic) bond motifs is 1. The van der Waals surface area contributed by atoms with E-state index in [1.165, 1.54) is 0 Å². The van der Waals surface area contributed by atoms with Gasteiger partial charge in [-0.2, -0.15) is 0 Å². The molecule has 88 valence electrons. The van der Waals surface area contributed by atoms with Crippen molar-refractivity contribution in [1.82, 2.24) is 0 Å². The summed E-state index contributed by atoms with van der Waals surface area (Å²) < 4.78 is 0. The van der Waals surface area contributed by atoms with E-state index >= 15 is 0 Å². The van der Waals surface area contributed by atoms with Gasteiger partial charge in [-0.15, -0.1) is 0 Å². The van der Waals surface area contributed by atoms with Crippen LogP contribution in [0.2, 0.25) is 0 Å². The minimum Gasteiger partial charge on any atom is -0.309 e. The Hall–Kier alpha value is -1.90. The Morgan fingerprint density at radius 2 is 1.94 bits per heavy atom. The second-order valence-electron chi connectivity index (χ2n) is 4.20. The molecule has 17 heavy (non-hydrogen) atoms. The van der Waals surface area contributed by atoms with Gasteiger partial charge in [0.25, 0.3) is 0 Å². The molecule has 1 amide bonds. The molecular weight excluding hydrogens is 214 g/mol. The van der Waals surface area contributed by atoms with Crippen LogP contribution in [0.15, 0.2) is 30.4 Å². The lowest BCUT2D eigenvalue weighted by atomic mass is 10.0. The maximum absolute atomic E-state index is 11.6. The topological polar surface area (TPSA) is 37.4 Å². The number of rotatable bonds is 1. The van der Waals surface area contributed by atoms with Gasteiger partial charge in [0.2, 0.25) is 5.91 Å². The molecule has 1 aromatic rings. The zero-order chi connectivity index (χ0) is 12.4. The van der Waals surface area contributed by atoms with Gasteiger partial charge < -0.3 is 4.90 Å². The van der Waals surface area contributed by atoms with E-state index in [1.54, 1.807) is 24.8 Å². The fraction of sp³-hybridized carbons (Fsp3) is 0.286. The van der Waals surface area contributed by atoms with E-state index in [4.69, 9.17) is 0 Å². The number of anilines is 1. The van der Waals surface area contributed by atoms with E-state index in [-0.39, 0.29) is 11.7 Å². The molecule has 1 aromatic carbocycles. The van der Waals surface area contributed by atoms with Crippen LogP contribution in [0.1, 0.15) is 29.8 Å². The average molecular weight is 229 g/mol. The Kier molecular flexibility index (Phi) is 3.09. The van der Waals surface area contributed by atoms with Crippen LogP contribution in [0.4, 0.5) is 5.69 Å². The molecule has 0 radical (unpaired) electrons.